The van der Waals surface area contributed by atoms with Gasteiger partial charge in [-0.1, -0.05) is 30.3 Å². The Morgan fingerprint density at radius 3 is 2.56 bits per heavy atom. The largest absolute Gasteiger partial charge is 0.465 e. The van der Waals surface area contributed by atoms with Crippen molar-refractivity contribution in [2.24, 2.45) is 0 Å². The molecule has 0 aliphatic heterocycles. The summed E-state index contributed by atoms with van der Waals surface area (Å²) in [6.45, 7) is 2.67. The molecule has 0 saturated heterocycles. The van der Waals surface area contributed by atoms with Gasteiger partial charge in [0, 0.05) is 5.69 Å². The Kier molecular flexibility index (Phi) is 2.77. The molecule has 0 bridgehead atoms. The summed E-state index contributed by atoms with van der Waals surface area (Å²) < 4.78 is 5.53. The lowest BCUT2D eigenvalue weighted by Gasteiger charge is -2.06. The minimum Gasteiger partial charge on any atom is -0.465 e. The van der Waals surface area contributed by atoms with Crippen molar-refractivity contribution in [3.63, 3.8) is 0 Å². The van der Waals surface area contributed by atoms with Gasteiger partial charge in [-0.15, -0.1) is 0 Å². The average molecular weight is 237 g/mol. The minimum atomic E-state index is 0.714. The number of benzene rings is 2. The molecular weight excluding hydrogens is 222 g/mol. The van der Waals surface area contributed by atoms with Crippen molar-refractivity contribution in [1.82, 2.24) is 0 Å². The fraction of sp³-hybridized carbons (Fsp3) is 0.125. The van der Waals surface area contributed by atoms with E-state index in [1.54, 1.807) is 0 Å². The average Bonchev–Trinajstić information content (AvgIpc) is 2.82. The predicted octanol–water partition coefficient (Wildman–Crippen LogP) is 4.35. The lowest BCUT2D eigenvalue weighted by molar-refractivity contribution is 0.490. The van der Waals surface area contributed by atoms with Gasteiger partial charge in [0.25, 0.3) is 0 Å². The number of hydrogen-bond donors (Lipinski definition) is 1. The van der Waals surface area contributed by atoms with Crippen molar-refractivity contribution >= 4 is 16.5 Å². The smallest absolute Gasteiger partial charge is 0.123 e. The van der Waals surface area contributed by atoms with E-state index in [0.29, 0.717) is 6.54 Å². The molecule has 90 valence electrons. The maximum atomic E-state index is 5.53. The van der Waals surface area contributed by atoms with E-state index in [1.165, 1.54) is 10.8 Å². The van der Waals surface area contributed by atoms with Gasteiger partial charge in [0.2, 0.25) is 0 Å². The number of hydrogen-bond acceptors (Lipinski definition) is 2. The van der Waals surface area contributed by atoms with Crippen LogP contribution in [0.1, 0.15) is 11.5 Å². The Balaban J connectivity index is 1.78. The highest BCUT2D eigenvalue weighted by atomic mass is 16.3. The van der Waals surface area contributed by atoms with E-state index in [4.69, 9.17) is 4.42 Å². The molecule has 18 heavy (non-hydrogen) atoms. The van der Waals surface area contributed by atoms with Crippen LogP contribution in [-0.4, -0.2) is 0 Å². The molecule has 0 spiro atoms. The molecule has 3 aromatic rings. The second kappa shape index (κ2) is 4.57. The van der Waals surface area contributed by atoms with Crippen LogP contribution in [0, 0.1) is 6.92 Å². The van der Waals surface area contributed by atoms with Gasteiger partial charge in [-0.2, -0.15) is 0 Å². The van der Waals surface area contributed by atoms with Crippen molar-refractivity contribution in [2.45, 2.75) is 13.5 Å². The molecule has 0 radical (unpaired) electrons. The van der Waals surface area contributed by atoms with Crippen molar-refractivity contribution < 1.29 is 4.42 Å². The molecule has 0 aliphatic rings. The summed E-state index contributed by atoms with van der Waals surface area (Å²) in [5, 5.41) is 5.88. The van der Waals surface area contributed by atoms with Gasteiger partial charge >= 0.3 is 0 Å². The van der Waals surface area contributed by atoms with Crippen molar-refractivity contribution in [2.75, 3.05) is 5.32 Å². The number of rotatable bonds is 3. The monoisotopic (exact) mass is 237 g/mol. The fourth-order valence-electron chi connectivity index (χ4n) is 2.07. The van der Waals surface area contributed by atoms with Crippen molar-refractivity contribution in [1.29, 1.82) is 0 Å². The molecular formula is C16H15NO. The van der Waals surface area contributed by atoms with Gasteiger partial charge in [0.15, 0.2) is 0 Å². The minimum absolute atomic E-state index is 0.714. The van der Waals surface area contributed by atoms with Crippen LogP contribution in [-0.2, 0) is 6.54 Å². The van der Waals surface area contributed by atoms with Crippen LogP contribution in [0.4, 0.5) is 5.69 Å². The summed E-state index contributed by atoms with van der Waals surface area (Å²) in [6, 6.07) is 18.7. The Morgan fingerprint density at radius 1 is 0.944 bits per heavy atom. The summed E-state index contributed by atoms with van der Waals surface area (Å²) in [5.41, 5.74) is 1.11. The van der Waals surface area contributed by atoms with Gasteiger partial charge in [0.05, 0.1) is 6.54 Å². The molecule has 1 heterocycles. The molecule has 2 nitrogen and oxygen atoms in total. The number of furan rings is 1. The quantitative estimate of drug-likeness (QED) is 0.732. The molecule has 0 unspecified atom stereocenters. The van der Waals surface area contributed by atoms with Gasteiger partial charge in [0.1, 0.15) is 11.5 Å². The Hall–Kier alpha value is -2.22. The molecule has 2 aromatic carbocycles. The van der Waals surface area contributed by atoms with Crippen LogP contribution in [0.15, 0.2) is 59.0 Å². The summed E-state index contributed by atoms with van der Waals surface area (Å²) >= 11 is 0. The van der Waals surface area contributed by atoms with Crippen LogP contribution in [0.3, 0.4) is 0 Å². The summed E-state index contributed by atoms with van der Waals surface area (Å²) in [7, 11) is 0. The second-order valence-electron chi connectivity index (χ2n) is 4.43. The zero-order chi connectivity index (χ0) is 12.4. The van der Waals surface area contributed by atoms with E-state index in [-0.39, 0.29) is 0 Å². The molecule has 0 fully saturated rings. The number of anilines is 1. The lowest BCUT2D eigenvalue weighted by Crippen LogP contribution is -1.97. The number of aryl methyl sites for hydroxylation is 1. The third-order valence-corrected chi connectivity index (χ3v) is 3.01. The SMILES string of the molecule is Cc1ccc(CNc2ccc3ccccc3c2)o1. The van der Waals surface area contributed by atoms with E-state index < -0.39 is 0 Å². The van der Waals surface area contributed by atoms with Crippen LogP contribution < -0.4 is 5.32 Å². The maximum Gasteiger partial charge on any atom is 0.123 e. The Morgan fingerprint density at radius 2 is 1.78 bits per heavy atom. The first-order valence-corrected chi connectivity index (χ1v) is 6.09. The van der Waals surface area contributed by atoms with Gasteiger partial charge < -0.3 is 9.73 Å². The molecule has 0 aliphatic carbocycles. The zero-order valence-electron chi connectivity index (χ0n) is 10.3. The third-order valence-electron chi connectivity index (χ3n) is 3.01. The summed E-state index contributed by atoms with van der Waals surface area (Å²) in [4.78, 5) is 0. The molecule has 1 N–H and O–H groups in total. The van der Waals surface area contributed by atoms with E-state index >= 15 is 0 Å². The van der Waals surface area contributed by atoms with Gasteiger partial charge in [-0.05, 0) is 42.0 Å². The van der Waals surface area contributed by atoms with E-state index in [1.807, 2.05) is 19.1 Å². The first kappa shape index (κ1) is 10.9. The second-order valence-corrected chi connectivity index (χ2v) is 4.43. The third kappa shape index (κ3) is 2.23. The highest BCUT2D eigenvalue weighted by Gasteiger charge is 1.99. The standard InChI is InChI=1S/C16H15NO/c1-12-6-9-16(18-12)11-17-15-8-7-13-4-2-3-5-14(13)10-15/h2-10,17H,11H2,1H3. The predicted molar refractivity (Wildman–Crippen MR) is 74.7 cm³/mol. The topological polar surface area (TPSA) is 25.2 Å². The van der Waals surface area contributed by atoms with E-state index in [0.717, 1.165) is 17.2 Å². The first-order valence-electron chi connectivity index (χ1n) is 6.09. The maximum absolute atomic E-state index is 5.53. The Labute approximate surface area is 106 Å². The highest BCUT2D eigenvalue weighted by Crippen LogP contribution is 2.19. The van der Waals surface area contributed by atoms with E-state index in [2.05, 4.69) is 47.8 Å². The summed E-state index contributed by atoms with van der Waals surface area (Å²) in [6.07, 6.45) is 0. The molecule has 3 rings (SSSR count). The van der Waals surface area contributed by atoms with Crippen LogP contribution in [0.5, 0.6) is 0 Å². The van der Waals surface area contributed by atoms with Gasteiger partial charge in [-0.25, -0.2) is 0 Å². The number of nitrogens with one attached hydrogen (secondary N) is 1. The normalized spacial score (nSPS) is 10.7. The zero-order valence-corrected chi connectivity index (χ0v) is 10.3. The highest BCUT2D eigenvalue weighted by molar-refractivity contribution is 5.85. The number of fused-ring (bicyclic) bond motifs is 1. The van der Waals surface area contributed by atoms with Crippen LogP contribution in [0.25, 0.3) is 10.8 Å². The van der Waals surface area contributed by atoms with E-state index in [9.17, 15) is 0 Å². The van der Waals surface area contributed by atoms with Gasteiger partial charge in [-0.3, -0.25) is 0 Å². The van der Waals surface area contributed by atoms with Crippen molar-refractivity contribution in [3.8, 4) is 0 Å². The molecule has 0 saturated carbocycles. The van der Waals surface area contributed by atoms with Crippen LogP contribution >= 0.6 is 0 Å². The fourth-order valence-corrected chi connectivity index (χ4v) is 2.07. The molecule has 2 heteroatoms. The lowest BCUT2D eigenvalue weighted by atomic mass is 10.1. The molecule has 0 amide bonds. The molecule has 0 atom stereocenters. The molecule has 1 aromatic heterocycles. The van der Waals surface area contributed by atoms with Crippen molar-refractivity contribution in [3.05, 3.63) is 66.1 Å². The summed E-state index contributed by atoms with van der Waals surface area (Å²) in [5.74, 6) is 1.91. The Bertz CT molecular complexity index is 669. The van der Waals surface area contributed by atoms with Crippen LogP contribution in [0.2, 0.25) is 0 Å². The first-order chi connectivity index (χ1) is 8.81.